The lowest BCUT2D eigenvalue weighted by Gasteiger charge is -2.13. The molecule has 3 aromatic rings. The molecule has 1 amide bonds. The van der Waals surface area contributed by atoms with E-state index in [2.05, 4.69) is 15.2 Å². The highest BCUT2D eigenvalue weighted by Gasteiger charge is 2.33. The monoisotopic (exact) mass is 483 g/mol. The van der Waals surface area contributed by atoms with Crippen LogP contribution in [0.25, 0.3) is 0 Å². The van der Waals surface area contributed by atoms with Gasteiger partial charge in [0.25, 0.3) is 21.8 Å². The molecule has 1 aromatic carbocycles. The number of amides is 1. The summed E-state index contributed by atoms with van der Waals surface area (Å²) in [7, 11) is -4.55. The number of carboxylic acid groups (broad SMARTS) is 1. The van der Waals surface area contributed by atoms with Crippen LogP contribution in [-0.4, -0.2) is 30.6 Å². The zero-order chi connectivity index (χ0) is 23.1. The average Bonchev–Trinajstić information content (AvgIpc) is 3.24. The van der Waals surface area contributed by atoms with Crippen molar-refractivity contribution in [1.29, 1.82) is 0 Å². The van der Waals surface area contributed by atoms with E-state index in [-0.39, 0.29) is 22.2 Å². The molecule has 2 heterocycles. The van der Waals surface area contributed by atoms with Gasteiger partial charge in [-0.3, -0.25) is 4.79 Å². The molecule has 0 bridgehead atoms. The number of benzene rings is 1. The van der Waals surface area contributed by atoms with Crippen LogP contribution in [0.5, 0.6) is 0 Å². The molecule has 0 aliphatic rings. The number of nitrogens with zero attached hydrogens (tertiary/aromatic N) is 1. The third-order valence-corrected chi connectivity index (χ3v) is 7.34. The first-order valence-electron chi connectivity index (χ1n) is 8.81. The number of carboxylic acids is 1. The van der Waals surface area contributed by atoms with E-state index in [9.17, 15) is 23.1 Å². The molecule has 0 aliphatic heterocycles. The van der Waals surface area contributed by atoms with Crippen molar-refractivity contribution in [2.45, 2.75) is 32.6 Å². The number of aromatic carboxylic acids is 1. The number of hydrogen-bond donors (Lipinski definition) is 3. The Bertz CT molecular complexity index is 1290. The lowest BCUT2D eigenvalue weighted by Crippen LogP contribution is -2.21. The van der Waals surface area contributed by atoms with E-state index < -0.39 is 31.7 Å². The lowest BCUT2D eigenvalue weighted by atomic mass is 10.0. The van der Waals surface area contributed by atoms with Gasteiger partial charge in [0.1, 0.15) is 20.5 Å². The Morgan fingerprint density at radius 1 is 1.16 bits per heavy atom. The number of sulfonamides is 1. The Morgan fingerprint density at radius 3 is 2.29 bits per heavy atom. The number of thiophene rings is 1. The Balaban J connectivity index is 2.06. The molecule has 0 aliphatic carbocycles. The third kappa shape index (κ3) is 4.43. The van der Waals surface area contributed by atoms with Gasteiger partial charge in [0, 0.05) is 11.1 Å². The minimum atomic E-state index is -4.55. The number of carbonyl (C=O) groups is 2. The molecule has 9 nitrogen and oxygen atoms in total. The predicted octanol–water partition coefficient (Wildman–Crippen LogP) is 4.37. The second kappa shape index (κ2) is 8.33. The molecule has 0 saturated heterocycles. The Morgan fingerprint density at radius 2 is 1.77 bits per heavy atom. The second-order valence-electron chi connectivity index (χ2n) is 6.86. The van der Waals surface area contributed by atoms with Crippen LogP contribution in [0.3, 0.4) is 0 Å². The van der Waals surface area contributed by atoms with Crippen LogP contribution < -0.4 is 10.0 Å². The fourth-order valence-corrected chi connectivity index (χ4v) is 5.83. The van der Waals surface area contributed by atoms with Gasteiger partial charge < -0.3 is 14.9 Å². The standard InChI is InChI=1S/C19H18ClN3O6S2/c1-8-5-9(2)14(10(3)6-8)21-17(24)12-7-30-15(19(25)26)16(12)31(27,28)23-18-13(20)11(4)22-29-18/h5-7,23H,1-4H3,(H,21,24)(H,25,26). The van der Waals surface area contributed by atoms with Crippen molar-refractivity contribution < 1.29 is 27.6 Å². The molecule has 31 heavy (non-hydrogen) atoms. The highest BCUT2D eigenvalue weighted by atomic mass is 35.5. The maximum atomic E-state index is 13.0. The number of aryl methyl sites for hydroxylation is 4. The number of hydrogen-bond acceptors (Lipinski definition) is 7. The summed E-state index contributed by atoms with van der Waals surface area (Å²) in [5.74, 6) is -2.63. The second-order valence-corrected chi connectivity index (χ2v) is 9.73. The minimum Gasteiger partial charge on any atom is -0.477 e. The summed E-state index contributed by atoms with van der Waals surface area (Å²) in [6.07, 6.45) is 0. The fourth-order valence-electron chi connectivity index (χ4n) is 3.07. The van der Waals surface area contributed by atoms with Crippen LogP contribution in [-0.2, 0) is 10.0 Å². The van der Waals surface area contributed by atoms with Gasteiger partial charge in [-0.15, -0.1) is 11.3 Å². The molecule has 12 heteroatoms. The van der Waals surface area contributed by atoms with Crippen LogP contribution in [0.4, 0.5) is 11.6 Å². The SMILES string of the molecule is Cc1cc(C)c(NC(=O)c2csc(C(=O)O)c2S(=O)(=O)Nc2onc(C)c2Cl)c(C)c1. The number of nitrogens with one attached hydrogen (secondary N) is 2. The summed E-state index contributed by atoms with van der Waals surface area (Å²) >= 11 is 6.58. The molecular formula is C19H18ClN3O6S2. The van der Waals surface area contributed by atoms with E-state index in [0.29, 0.717) is 17.0 Å². The van der Waals surface area contributed by atoms with E-state index in [1.165, 1.54) is 12.3 Å². The molecule has 0 saturated carbocycles. The van der Waals surface area contributed by atoms with Crippen LogP contribution in [0.15, 0.2) is 26.9 Å². The highest BCUT2D eigenvalue weighted by Crippen LogP contribution is 2.33. The van der Waals surface area contributed by atoms with Gasteiger partial charge in [-0.2, -0.15) is 0 Å². The summed E-state index contributed by atoms with van der Waals surface area (Å²) in [5.41, 5.74) is 3.01. The summed E-state index contributed by atoms with van der Waals surface area (Å²) in [6.45, 7) is 7.02. The van der Waals surface area contributed by atoms with Crippen molar-refractivity contribution in [1.82, 2.24) is 5.16 Å². The van der Waals surface area contributed by atoms with E-state index in [0.717, 1.165) is 16.7 Å². The zero-order valence-corrected chi connectivity index (χ0v) is 19.3. The smallest absolute Gasteiger partial charge is 0.347 e. The normalized spacial score (nSPS) is 11.4. The number of anilines is 2. The molecular weight excluding hydrogens is 466 g/mol. The average molecular weight is 484 g/mol. The Hall–Kier alpha value is -2.89. The zero-order valence-electron chi connectivity index (χ0n) is 16.9. The van der Waals surface area contributed by atoms with Crippen molar-refractivity contribution in [3.05, 3.63) is 55.4 Å². The quantitative estimate of drug-likeness (QED) is 0.473. The van der Waals surface area contributed by atoms with Crippen LogP contribution in [0.2, 0.25) is 5.02 Å². The Kier molecular flexibility index (Phi) is 6.12. The van der Waals surface area contributed by atoms with Crippen molar-refractivity contribution in [3.63, 3.8) is 0 Å². The maximum absolute atomic E-state index is 13.0. The predicted molar refractivity (Wildman–Crippen MR) is 117 cm³/mol. The van der Waals surface area contributed by atoms with E-state index >= 15 is 0 Å². The van der Waals surface area contributed by atoms with Gasteiger partial charge in [-0.05, 0) is 38.8 Å². The van der Waals surface area contributed by atoms with Gasteiger partial charge in [-0.25, -0.2) is 17.9 Å². The van der Waals surface area contributed by atoms with Crippen molar-refractivity contribution in [2.75, 3.05) is 10.0 Å². The minimum absolute atomic E-state index is 0.0763. The first-order valence-corrected chi connectivity index (χ1v) is 11.5. The largest absolute Gasteiger partial charge is 0.477 e. The van der Waals surface area contributed by atoms with Gasteiger partial charge >= 0.3 is 5.97 Å². The maximum Gasteiger partial charge on any atom is 0.347 e. The summed E-state index contributed by atoms with van der Waals surface area (Å²) in [5, 5.41) is 16.8. The number of aromatic nitrogens is 1. The van der Waals surface area contributed by atoms with Gasteiger partial charge in [-0.1, -0.05) is 34.5 Å². The number of rotatable bonds is 6. The van der Waals surface area contributed by atoms with Crippen molar-refractivity contribution in [3.8, 4) is 0 Å². The van der Waals surface area contributed by atoms with Gasteiger partial charge in [0.05, 0.1) is 5.56 Å². The van der Waals surface area contributed by atoms with Crippen LogP contribution in [0, 0.1) is 27.7 Å². The molecule has 0 spiro atoms. The van der Waals surface area contributed by atoms with Gasteiger partial charge in [0.15, 0.2) is 0 Å². The first kappa shape index (κ1) is 22.8. The molecule has 3 rings (SSSR count). The molecule has 164 valence electrons. The van der Waals surface area contributed by atoms with Crippen molar-refractivity contribution >= 4 is 56.4 Å². The number of halogens is 1. The molecule has 0 radical (unpaired) electrons. The van der Waals surface area contributed by atoms with E-state index in [1.807, 2.05) is 19.1 Å². The molecule has 0 atom stereocenters. The summed E-state index contributed by atoms with van der Waals surface area (Å²) < 4.78 is 32.9. The highest BCUT2D eigenvalue weighted by molar-refractivity contribution is 7.93. The molecule has 0 fully saturated rings. The third-order valence-electron chi connectivity index (χ3n) is 4.39. The first-order chi connectivity index (χ1) is 14.4. The molecule has 2 aromatic heterocycles. The number of carbonyl (C=O) groups excluding carboxylic acids is 1. The van der Waals surface area contributed by atoms with Crippen molar-refractivity contribution in [2.24, 2.45) is 0 Å². The summed E-state index contributed by atoms with van der Waals surface area (Å²) in [4.78, 5) is 23.4. The molecule has 0 unspecified atom stereocenters. The fraction of sp³-hybridized carbons (Fsp3) is 0.211. The van der Waals surface area contributed by atoms with Crippen LogP contribution in [0.1, 0.15) is 42.4 Å². The van der Waals surface area contributed by atoms with Gasteiger partial charge in [0.2, 0.25) is 0 Å². The van der Waals surface area contributed by atoms with Crippen LogP contribution >= 0.6 is 22.9 Å². The van der Waals surface area contributed by atoms with E-state index in [1.54, 1.807) is 13.8 Å². The topological polar surface area (TPSA) is 139 Å². The molecule has 3 N–H and O–H groups in total. The lowest BCUT2D eigenvalue weighted by molar-refractivity contribution is 0.0698. The van der Waals surface area contributed by atoms with E-state index in [4.69, 9.17) is 16.1 Å². The Labute approximate surface area is 187 Å². The summed E-state index contributed by atoms with van der Waals surface area (Å²) in [6, 6.07) is 3.73.